The van der Waals surface area contributed by atoms with Crippen LogP contribution in [-0.2, 0) is 0 Å². The van der Waals surface area contributed by atoms with Gasteiger partial charge >= 0.3 is 5.69 Å². The van der Waals surface area contributed by atoms with Gasteiger partial charge < -0.3 is 0 Å². The molecule has 3 aromatic rings. The van der Waals surface area contributed by atoms with Crippen molar-refractivity contribution in [2.24, 2.45) is 5.10 Å². The molecule has 104 valence electrons. The predicted octanol–water partition coefficient (Wildman–Crippen LogP) is 2.43. The van der Waals surface area contributed by atoms with E-state index in [1.54, 1.807) is 6.21 Å². The van der Waals surface area contributed by atoms with Crippen molar-refractivity contribution in [1.82, 2.24) is 14.9 Å². The van der Waals surface area contributed by atoms with E-state index in [0.29, 0.717) is 5.82 Å². The van der Waals surface area contributed by atoms with Crippen LogP contribution in [0.4, 0.5) is 0 Å². The molecule has 5 heteroatoms. The Hall–Kier alpha value is -2.95. The third-order valence-electron chi connectivity index (χ3n) is 3.08. The zero-order valence-electron chi connectivity index (χ0n) is 11.5. The van der Waals surface area contributed by atoms with Crippen molar-refractivity contribution in [2.75, 3.05) is 0 Å². The fraction of sp³-hybridized carbons (Fsp3) is 0.0625. The number of nitrogens with zero attached hydrogens (tertiary/aromatic N) is 3. The minimum absolute atomic E-state index is 0.364. The second kappa shape index (κ2) is 5.58. The molecule has 0 bridgehead atoms. The zero-order chi connectivity index (χ0) is 14.7. The molecule has 3 rings (SSSR count). The summed E-state index contributed by atoms with van der Waals surface area (Å²) in [6.45, 7) is 2.02. The lowest BCUT2D eigenvalue weighted by atomic mass is 10.2. The van der Waals surface area contributed by atoms with Gasteiger partial charge in [-0.3, -0.25) is 0 Å². The zero-order valence-corrected chi connectivity index (χ0v) is 11.5. The maximum Gasteiger partial charge on any atom is 0.364 e. The van der Waals surface area contributed by atoms with E-state index >= 15 is 0 Å². The van der Waals surface area contributed by atoms with Crippen molar-refractivity contribution in [3.63, 3.8) is 0 Å². The summed E-state index contributed by atoms with van der Waals surface area (Å²) in [5, 5.41) is 10.7. The Morgan fingerprint density at radius 2 is 1.81 bits per heavy atom. The fourth-order valence-corrected chi connectivity index (χ4v) is 1.95. The Labute approximate surface area is 121 Å². The van der Waals surface area contributed by atoms with Crippen molar-refractivity contribution < 1.29 is 0 Å². The number of aryl methyl sites for hydroxylation is 1. The minimum atomic E-state index is -0.364. The van der Waals surface area contributed by atoms with Gasteiger partial charge in [0.05, 0.1) is 6.21 Å². The fourth-order valence-electron chi connectivity index (χ4n) is 1.95. The highest BCUT2D eigenvalue weighted by atomic mass is 16.2. The van der Waals surface area contributed by atoms with Crippen molar-refractivity contribution >= 4 is 6.21 Å². The lowest BCUT2D eigenvalue weighted by Crippen LogP contribution is -2.13. The third-order valence-corrected chi connectivity index (χ3v) is 3.08. The van der Waals surface area contributed by atoms with Crippen LogP contribution in [0, 0.1) is 6.92 Å². The van der Waals surface area contributed by atoms with Gasteiger partial charge in [0.15, 0.2) is 5.82 Å². The molecular weight excluding hydrogens is 264 g/mol. The number of hydrogen-bond donors (Lipinski definition) is 1. The molecule has 0 spiro atoms. The number of nitrogens with one attached hydrogen (secondary N) is 1. The molecule has 1 heterocycles. The van der Waals surface area contributed by atoms with Crippen LogP contribution in [-0.4, -0.2) is 21.1 Å². The van der Waals surface area contributed by atoms with Crippen LogP contribution >= 0.6 is 0 Å². The molecule has 2 aromatic carbocycles. The molecule has 0 aliphatic heterocycles. The van der Waals surface area contributed by atoms with Gasteiger partial charge in [0.25, 0.3) is 0 Å². The number of aromatic amines is 1. The van der Waals surface area contributed by atoms with Crippen molar-refractivity contribution in [3.05, 3.63) is 76.2 Å². The summed E-state index contributed by atoms with van der Waals surface area (Å²) in [4.78, 5) is 11.8. The molecule has 0 amide bonds. The molecule has 0 unspecified atom stereocenters. The Morgan fingerprint density at radius 3 is 2.52 bits per heavy atom. The summed E-state index contributed by atoms with van der Waals surface area (Å²) < 4.78 is 1.26. The number of H-pyrrole nitrogens is 1. The van der Waals surface area contributed by atoms with Crippen LogP contribution in [0.5, 0.6) is 0 Å². The predicted molar refractivity (Wildman–Crippen MR) is 82.5 cm³/mol. The van der Waals surface area contributed by atoms with Gasteiger partial charge in [-0.05, 0) is 12.5 Å². The molecule has 5 nitrogen and oxygen atoms in total. The highest BCUT2D eigenvalue weighted by Gasteiger charge is 2.08. The van der Waals surface area contributed by atoms with E-state index < -0.39 is 0 Å². The van der Waals surface area contributed by atoms with Gasteiger partial charge in [0.1, 0.15) is 0 Å². The van der Waals surface area contributed by atoms with Crippen molar-refractivity contribution in [2.45, 2.75) is 6.92 Å². The van der Waals surface area contributed by atoms with Gasteiger partial charge in [-0.15, -0.1) is 0 Å². The van der Waals surface area contributed by atoms with Gasteiger partial charge in [-0.2, -0.15) is 14.9 Å². The molecule has 0 aliphatic rings. The molecule has 1 N–H and O–H groups in total. The molecule has 0 aliphatic carbocycles. The molecule has 21 heavy (non-hydrogen) atoms. The quantitative estimate of drug-likeness (QED) is 0.748. The molecule has 0 saturated heterocycles. The molecular formula is C16H14N4O. The highest BCUT2D eigenvalue weighted by molar-refractivity contribution is 5.79. The average Bonchev–Trinajstić information content (AvgIpc) is 2.89. The number of aromatic nitrogens is 3. The highest BCUT2D eigenvalue weighted by Crippen LogP contribution is 2.13. The maximum atomic E-state index is 11.8. The van der Waals surface area contributed by atoms with Gasteiger partial charge in [-0.25, -0.2) is 9.89 Å². The standard InChI is InChI=1S/C16H14N4O/c1-12-7-9-13(10-8-12)11-17-20-15(18-19-16(20)21)14-5-3-2-4-6-14/h2-11H,1H3,(H,19,21)/b17-11+. The van der Waals surface area contributed by atoms with Crippen LogP contribution in [0.2, 0.25) is 0 Å². The topological polar surface area (TPSA) is 63.0 Å². The third kappa shape index (κ3) is 2.81. The smallest absolute Gasteiger partial charge is 0.244 e. The van der Waals surface area contributed by atoms with E-state index in [4.69, 9.17) is 0 Å². The normalized spacial score (nSPS) is 11.1. The van der Waals surface area contributed by atoms with Gasteiger partial charge in [-0.1, -0.05) is 60.2 Å². The van der Waals surface area contributed by atoms with E-state index in [-0.39, 0.29) is 5.69 Å². The summed E-state index contributed by atoms with van der Waals surface area (Å²) in [6.07, 6.45) is 1.64. The molecule has 1 aromatic heterocycles. The first-order valence-corrected chi connectivity index (χ1v) is 6.58. The van der Waals surface area contributed by atoms with Crippen molar-refractivity contribution in [1.29, 1.82) is 0 Å². The second-order valence-electron chi connectivity index (χ2n) is 4.69. The lowest BCUT2D eigenvalue weighted by molar-refractivity contribution is 0.842. The Morgan fingerprint density at radius 1 is 1.10 bits per heavy atom. The first kappa shape index (κ1) is 13.1. The summed E-state index contributed by atoms with van der Waals surface area (Å²) in [5.74, 6) is 0.490. The Balaban J connectivity index is 1.98. The Bertz CT molecular complexity index is 813. The van der Waals surface area contributed by atoms with E-state index in [2.05, 4.69) is 15.3 Å². The summed E-state index contributed by atoms with van der Waals surface area (Å²) in [6, 6.07) is 17.4. The monoisotopic (exact) mass is 278 g/mol. The number of hydrogen-bond acceptors (Lipinski definition) is 3. The second-order valence-corrected chi connectivity index (χ2v) is 4.69. The van der Waals surface area contributed by atoms with E-state index in [1.165, 1.54) is 10.2 Å². The van der Waals surface area contributed by atoms with Crippen LogP contribution < -0.4 is 5.69 Å². The first-order valence-electron chi connectivity index (χ1n) is 6.58. The number of rotatable bonds is 3. The van der Waals surface area contributed by atoms with E-state index in [1.807, 2.05) is 61.5 Å². The van der Waals surface area contributed by atoms with Crippen LogP contribution in [0.15, 0.2) is 64.5 Å². The SMILES string of the molecule is Cc1ccc(/C=N/n2c(-c3ccccc3)n[nH]c2=O)cc1. The molecule has 0 saturated carbocycles. The van der Waals surface area contributed by atoms with Crippen LogP contribution in [0.25, 0.3) is 11.4 Å². The van der Waals surface area contributed by atoms with Crippen molar-refractivity contribution in [3.8, 4) is 11.4 Å². The first-order chi connectivity index (χ1) is 10.2. The van der Waals surface area contributed by atoms with Gasteiger partial charge in [0.2, 0.25) is 0 Å². The summed E-state index contributed by atoms with van der Waals surface area (Å²) in [7, 11) is 0. The lowest BCUT2D eigenvalue weighted by Gasteiger charge is -1.99. The maximum absolute atomic E-state index is 11.8. The van der Waals surface area contributed by atoms with E-state index in [9.17, 15) is 4.79 Å². The number of benzene rings is 2. The summed E-state index contributed by atoms with van der Waals surface area (Å²) in [5.41, 5.74) is 2.57. The van der Waals surface area contributed by atoms with E-state index in [0.717, 1.165) is 11.1 Å². The molecule has 0 radical (unpaired) electrons. The van der Waals surface area contributed by atoms with Gasteiger partial charge in [0, 0.05) is 5.56 Å². The molecule has 0 atom stereocenters. The van der Waals surface area contributed by atoms with Crippen LogP contribution in [0.3, 0.4) is 0 Å². The molecule has 0 fully saturated rings. The van der Waals surface area contributed by atoms with Crippen LogP contribution in [0.1, 0.15) is 11.1 Å². The largest absolute Gasteiger partial charge is 0.364 e. The average molecular weight is 278 g/mol. The summed E-state index contributed by atoms with van der Waals surface area (Å²) >= 11 is 0. The minimum Gasteiger partial charge on any atom is -0.244 e. The Kier molecular flexibility index (Phi) is 3.47.